The van der Waals surface area contributed by atoms with Gasteiger partial charge < -0.3 is 10.5 Å². The summed E-state index contributed by atoms with van der Waals surface area (Å²) in [5.74, 6) is 0.251. The first kappa shape index (κ1) is 14.0. The van der Waals surface area contributed by atoms with Crippen LogP contribution in [0.5, 0.6) is 5.75 Å². The van der Waals surface area contributed by atoms with Crippen LogP contribution in [0.4, 0.5) is 4.39 Å². The normalized spacial score (nSPS) is 10.1. The molecule has 2 aromatic carbocycles. The van der Waals surface area contributed by atoms with Gasteiger partial charge in [0.15, 0.2) is 0 Å². The average Bonchev–Trinajstić information content (AvgIpc) is 2.48. The van der Waals surface area contributed by atoms with Crippen molar-refractivity contribution < 1.29 is 9.13 Å². The summed E-state index contributed by atoms with van der Waals surface area (Å²) in [4.78, 5) is 0. The molecule has 3 nitrogen and oxygen atoms in total. The topological polar surface area (TPSA) is 59.0 Å². The number of hydrogen-bond donors (Lipinski definition) is 1. The SMILES string of the molecule is N#Cc1cc(COc2ccccc2CCN)ccc1F. The van der Waals surface area contributed by atoms with Crippen LogP contribution < -0.4 is 10.5 Å². The minimum atomic E-state index is -0.514. The molecule has 2 N–H and O–H groups in total. The van der Waals surface area contributed by atoms with Crippen molar-refractivity contribution in [2.75, 3.05) is 6.54 Å². The second kappa shape index (κ2) is 6.69. The first-order valence-electron chi connectivity index (χ1n) is 6.34. The summed E-state index contributed by atoms with van der Waals surface area (Å²) in [7, 11) is 0. The molecule has 0 bridgehead atoms. The Labute approximate surface area is 117 Å². The summed E-state index contributed by atoms with van der Waals surface area (Å²) in [5, 5.41) is 8.80. The Hall–Kier alpha value is -2.38. The zero-order valence-electron chi connectivity index (χ0n) is 11.0. The maximum atomic E-state index is 13.2. The second-order valence-corrected chi connectivity index (χ2v) is 4.36. The number of rotatable bonds is 5. The van der Waals surface area contributed by atoms with E-state index in [1.54, 1.807) is 6.07 Å². The highest BCUT2D eigenvalue weighted by Crippen LogP contribution is 2.20. The molecule has 20 heavy (non-hydrogen) atoms. The van der Waals surface area contributed by atoms with Crippen LogP contribution in [0.3, 0.4) is 0 Å². The number of halogens is 1. The van der Waals surface area contributed by atoms with Gasteiger partial charge in [-0.3, -0.25) is 0 Å². The highest BCUT2D eigenvalue weighted by Gasteiger charge is 2.05. The van der Waals surface area contributed by atoms with Crippen LogP contribution in [0.2, 0.25) is 0 Å². The van der Waals surface area contributed by atoms with E-state index in [9.17, 15) is 4.39 Å². The lowest BCUT2D eigenvalue weighted by atomic mass is 10.1. The Morgan fingerprint density at radius 3 is 2.75 bits per heavy atom. The van der Waals surface area contributed by atoms with Crippen LogP contribution in [0, 0.1) is 17.1 Å². The smallest absolute Gasteiger partial charge is 0.140 e. The van der Waals surface area contributed by atoms with Crippen molar-refractivity contribution >= 4 is 0 Å². The Morgan fingerprint density at radius 1 is 1.20 bits per heavy atom. The van der Waals surface area contributed by atoms with Gasteiger partial charge in [-0.2, -0.15) is 5.26 Å². The van der Waals surface area contributed by atoms with Crippen molar-refractivity contribution in [2.24, 2.45) is 5.73 Å². The standard InChI is InChI=1S/C16H15FN2O/c17-15-6-5-12(9-14(15)10-19)11-20-16-4-2-1-3-13(16)7-8-18/h1-6,9H,7-8,11,18H2. The lowest BCUT2D eigenvalue weighted by molar-refractivity contribution is 0.303. The minimum Gasteiger partial charge on any atom is -0.489 e. The molecular weight excluding hydrogens is 255 g/mol. The van der Waals surface area contributed by atoms with E-state index in [0.717, 1.165) is 23.3 Å². The fraction of sp³-hybridized carbons (Fsp3) is 0.188. The molecule has 0 saturated carbocycles. The fourth-order valence-electron chi connectivity index (χ4n) is 1.92. The van der Waals surface area contributed by atoms with E-state index < -0.39 is 5.82 Å². The molecular formula is C16H15FN2O. The molecule has 0 atom stereocenters. The minimum absolute atomic E-state index is 0.0290. The Bertz CT molecular complexity index is 635. The van der Waals surface area contributed by atoms with Crippen molar-refractivity contribution in [2.45, 2.75) is 13.0 Å². The lowest BCUT2D eigenvalue weighted by Gasteiger charge is -2.11. The highest BCUT2D eigenvalue weighted by atomic mass is 19.1. The van der Waals surface area contributed by atoms with E-state index in [-0.39, 0.29) is 12.2 Å². The van der Waals surface area contributed by atoms with Crippen LogP contribution in [-0.2, 0) is 13.0 Å². The second-order valence-electron chi connectivity index (χ2n) is 4.36. The number of nitriles is 1. The van der Waals surface area contributed by atoms with E-state index >= 15 is 0 Å². The van der Waals surface area contributed by atoms with Gasteiger partial charge in [-0.1, -0.05) is 24.3 Å². The summed E-state index contributed by atoms with van der Waals surface area (Å²) in [6.45, 7) is 0.839. The zero-order chi connectivity index (χ0) is 14.4. The van der Waals surface area contributed by atoms with Crippen LogP contribution in [0.1, 0.15) is 16.7 Å². The maximum absolute atomic E-state index is 13.2. The summed E-state index contributed by atoms with van der Waals surface area (Å²) < 4.78 is 18.9. The molecule has 102 valence electrons. The Balaban J connectivity index is 2.11. The molecule has 0 aromatic heterocycles. The van der Waals surface area contributed by atoms with E-state index in [0.29, 0.717) is 6.54 Å². The molecule has 0 saturated heterocycles. The van der Waals surface area contributed by atoms with Gasteiger partial charge in [0.05, 0.1) is 5.56 Å². The average molecular weight is 270 g/mol. The first-order valence-corrected chi connectivity index (χ1v) is 6.34. The molecule has 2 aromatic rings. The van der Waals surface area contributed by atoms with Gasteiger partial charge in [-0.15, -0.1) is 0 Å². The number of nitrogens with two attached hydrogens (primary N) is 1. The van der Waals surface area contributed by atoms with E-state index in [1.165, 1.54) is 12.1 Å². The summed E-state index contributed by atoms with van der Waals surface area (Å²) in [6.07, 6.45) is 0.739. The van der Waals surface area contributed by atoms with Gasteiger partial charge in [-0.05, 0) is 42.3 Å². The Morgan fingerprint density at radius 2 is 2.00 bits per heavy atom. The molecule has 0 radical (unpaired) electrons. The quantitative estimate of drug-likeness (QED) is 0.908. The molecule has 0 unspecified atom stereocenters. The third kappa shape index (κ3) is 3.34. The van der Waals surface area contributed by atoms with Gasteiger partial charge in [0.25, 0.3) is 0 Å². The van der Waals surface area contributed by atoms with Gasteiger partial charge in [-0.25, -0.2) is 4.39 Å². The molecule has 4 heteroatoms. The third-order valence-electron chi connectivity index (χ3n) is 2.93. The van der Waals surface area contributed by atoms with Crippen molar-refractivity contribution in [1.82, 2.24) is 0 Å². The van der Waals surface area contributed by atoms with Crippen molar-refractivity contribution in [1.29, 1.82) is 5.26 Å². The predicted octanol–water partition coefficient (Wildman–Crippen LogP) is 2.78. The van der Waals surface area contributed by atoms with Crippen molar-refractivity contribution in [3.8, 4) is 11.8 Å². The van der Waals surface area contributed by atoms with E-state index in [2.05, 4.69) is 0 Å². The molecule has 0 aliphatic rings. The highest BCUT2D eigenvalue weighted by molar-refractivity contribution is 5.36. The predicted molar refractivity (Wildman–Crippen MR) is 74.6 cm³/mol. The van der Waals surface area contributed by atoms with Gasteiger partial charge >= 0.3 is 0 Å². The zero-order valence-corrected chi connectivity index (χ0v) is 11.0. The maximum Gasteiger partial charge on any atom is 0.140 e. The van der Waals surface area contributed by atoms with Crippen LogP contribution in [0.15, 0.2) is 42.5 Å². The first-order chi connectivity index (χ1) is 9.74. The van der Waals surface area contributed by atoms with Gasteiger partial charge in [0.2, 0.25) is 0 Å². The molecule has 0 spiro atoms. The van der Waals surface area contributed by atoms with Crippen molar-refractivity contribution in [3.63, 3.8) is 0 Å². The molecule has 0 aliphatic carbocycles. The van der Waals surface area contributed by atoms with E-state index in [4.69, 9.17) is 15.7 Å². The lowest BCUT2D eigenvalue weighted by Crippen LogP contribution is -2.05. The molecule has 0 aliphatic heterocycles. The summed E-state index contributed by atoms with van der Waals surface area (Å²) in [5.41, 5.74) is 7.38. The van der Waals surface area contributed by atoms with Crippen LogP contribution in [-0.4, -0.2) is 6.54 Å². The van der Waals surface area contributed by atoms with Crippen LogP contribution in [0.25, 0.3) is 0 Å². The number of nitrogens with zero attached hydrogens (tertiary/aromatic N) is 1. The number of hydrogen-bond acceptors (Lipinski definition) is 3. The number of ether oxygens (including phenoxy) is 1. The summed E-state index contributed by atoms with van der Waals surface area (Å²) in [6, 6.07) is 13.9. The molecule has 0 fully saturated rings. The Kier molecular flexibility index (Phi) is 4.70. The number of benzene rings is 2. The fourth-order valence-corrected chi connectivity index (χ4v) is 1.92. The largest absolute Gasteiger partial charge is 0.489 e. The molecule has 0 amide bonds. The molecule has 2 rings (SSSR count). The van der Waals surface area contributed by atoms with Crippen molar-refractivity contribution in [3.05, 3.63) is 65.0 Å². The van der Waals surface area contributed by atoms with E-state index in [1.807, 2.05) is 30.3 Å². The summed E-state index contributed by atoms with van der Waals surface area (Å²) >= 11 is 0. The third-order valence-corrected chi connectivity index (χ3v) is 2.93. The van der Waals surface area contributed by atoms with Crippen LogP contribution >= 0.6 is 0 Å². The van der Waals surface area contributed by atoms with Gasteiger partial charge in [0, 0.05) is 0 Å². The molecule has 0 heterocycles. The van der Waals surface area contributed by atoms with Gasteiger partial charge in [0.1, 0.15) is 24.2 Å². The monoisotopic (exact) mass is 270 g/mol. The number of para-hydroxylation sites is 1.